The molecule has 1 aliphatic rings. The van der Waals surface area contributed by atoms with Gasteiger partial charge in [-0.25, -0.2) is 13.4 Å². The van der Waals surface area contributed by atoms with E-state index in [4.69, 9.17) is 0 Å². The summed E-state index contributed by atoms with van der Waals surface area (Å²) in [6.07, 6.45) is 3.72. The SMILES string of the molecule is Cc1nc(S(=O)(=O)N2CCCN(C(=O)c3nccc4ccccc34)CC2)cn1C. The number of benzene rings is 1. The van der Waals surface area contributed by atoms with Gasteiger partial charge in [-0.05, 0) is 24.8 Å². The quantitative estimate of drug-likeness (QED) is 0.653. The molecule has 1 aliphatic heterocycles. The van der Waals surface area contributed by atoms with Crippen molar-refractivity contribution in [1.29, 1.82) is 0 Å². The predicted octanol–water partition coefficient (Wildman–Crippen LogP) is 1.81. The summed E-state index contributed by atoms with van der Waals surface area (Å²) in [6.45, 7) is 3.14. The summed E-state index contributed by atoms with van der Waals surface area (Å²) in [7, 11) is -1.92. The molecule has 0 unspecified atom stereocenters. The number of aromatic nitrogens is 3. The molecule has 2 aromatic heterocycles. The van der Waals surface area contributed by atoms with Gasteiger partial charge in [0.1, 0.15) is 11.5 Å². The van der Waals surface area contributed by atoms with Crippen molar-refractivity contribution in [2.45, 2.75) is 18.4 Å². The van der Waals surface area contributed by atoms with E-state index < -0.39 is 10.0 Å². The molecule has 8 nitrogen and oxygen atoms in total. The van der Waals surface area contributed by atoms with Crippen molar-refractivity contribution in [3.05, 3.63) is 54.2 Å². The fourth-order valence-corrected chi connectivity index (χ4v) is 5.05. The molecule has 0 N–H and O–H groups in total. The first kappa shape index (κ1) is 19.5. The maximum atomic E-state index is 13.1. The van der Waals surface area contributed by atoms with Crippen LogP contribution in [0, 0.1) is 6.92 Å². The van der Waals surface area contributed by atoms with Gasteiger partial charge in [-0.3, -0.25) is 9.78 Å². The Hall–Kier alpha value is -2.78. The highest BCUT2D eigenvalue weighted by Gasteiger charge is 2.31. The van der Waals surface area contributed by atoms with E-state index in [1.165, 1.54) is 10.5 Å². The first-order valence-electron chi connectivity index (χ1n) is 9.51. The van der Waals surface area contributed by atoms with Crippen LogP contribution in [0.2, 0.25) is 0 Å². The first-order chi connectivity index (χ1) is 13.9. The molecule has 0 aliphatic carbocycles. The zero-order chi connectivity index (χ0) is 20.6. The Morgan fingerprint density at radius 3 is 2.62 bits per heavy atom. The van der Waals surface area contributed by atoms with E-state index in [2.05, 4.69) is 9.97 Å². The van der Waals surface area contributed by atoms with Crippen LogP contribution < -0.4 is 0 Å². The van der Waals surface area contributed by atoms with Crippen molar-refractivity contribution >= 4 is 26.7 Å². The third kappa shape index (κ3) is 3.63. The Balaban J connectivity index is 1.55. The van der Waals surface area contributed by atoms with E-state index >= 15 is 0 Å². The van der Waals surface area contributed by atoms with Crippen LogP contribution in [0.3, 0.4) is 0 Å². The third-order valence-corrected chi connectivity index (χ3v) is 7.08. The summed E-state index contributed by atoms with van der Waals surface area (Å²) in [4.78, 5) is 23.3. The van der Waals surface area contributed by atoms with Crippen LogP contribution in [-0.2, 0) is 17.1 Å². The number of fused-ring (bicyclic) bond motifs is 1. The van der Waals surface area contributed by atoms with E-state index in [0.717, 1.165) is 10.8 Å². The van der Waals surface area contributed by atoms with Gasteiger partial charge in [0.15, 0.2) is 5.03 Å². The zero-order valence-corrected chi connectivity index (χ0v) is 17.3. The number of pyridine rings is 1. The van der Waals surface area contributed by atoms with E-state index in [1.54, 1.807) is 29.6 Å². The number of hydrogen-bond donors (Lipinski definition) is 0. The molecule has 0 radical (unpaired) electrons. The summed E-state index contributed by atoms with van der Waals surface area (Å²) >= 11 is 0. The smallest absolute Gasteiger partial charge is 0.273 e. The Bertz CT molecular complexity index is 1150. The molecule has 3 aromatic rings. The lowest BCUT2D eigenvalue weighted by molar-refractivity contribution is 0.0760. The standard InChI is InChI=1S/C20H23N5O3S/c1-15-22-18(14-23(15)2)29(27,28)25-11-5-10-24(12-13-25)20(26)19-17-7-4-3-6-16(17)8-9-21-19/h3-4,6-9,14H,5,10-13H2,1-2H3. The molecule has 4 rings (SSSR count). The van der Waals surface area contributed by atoms with Crippen LogP contribution in [0.25, 0.3) is 10.8 Å². The molecule has 0 saturated carbocycles. The van der Waals surface area contributed by atoms with Gasteiger partial charge in [0.2, 0.25) is 0 Å². The number of aryl methyl sites for hydroxylation is 2. The summed E-state index contributed by atoms with van der Waals surface area (Å²) in [5.41, 5.74) is 0.403. The van der Waals surface area contributed by atoms with Crippen LogP contribution in [0.4, 0.5) is 0 Å². The third-order valence-electron chi connectivity index (χ3n) is 5.31. The normalized spacial score (nSPS) is 16.1. The Morgan fingerprint density at radius 1 is 1.07 bits per heavy atom. The lowest BCUT2D eigenvalue weighted by Crippen LogP contribution is -2.37. The second-order valence-corrected chi connectivity index (χ2v) is 9.05. The number of hydrogen-bond acceptors (Lipinski definition) is 5. The topological polar surface area (TPSA) is 88.4 Å². The predicted molar refractivity (Wildman–Crippen MR) is 109 cm³/mol. The molecule has 0 atom stereocenters. The van der Waals surface area contributed by atoms with Gasteiger partial charge < -0.3 is 9.47 Å². The van der Waals surface area contributed by atoms with Gasteiger partial charge in [0.05, 0.1) is 0 Å². The Kier molecular flexibility index (Phi) is 5.10. The van der Waals surface area contributed by atoms with Crippen LogP contribution in [0.1, 0.15) is 22.7 Å². The van der Waals surface area contributed by atoms with E-state index in [9.17, 15) is 13.2 Å². The molecule has 1 fully saturated rings. The van der Waals surface area contributed by atoms with E-state index in [0.29, 0.717) is 37.6 Å². The van der Waals surface area contributed by atoms with Crippen molar-refractivity contribution in [3.8, 4) is 0 Å². The average molecular weight is 414 g/mol. The molecule has 1 saturated heterocycles. The summed E-state index contributed by atoms with van der Waals surface area (Å²) in [5.74, 6) is 0.465. The largest absolute Gasteiger partial charge is 0.337 e. The first-order valence-corrected chi connectivity index (χ1v) is 10.9. The van der Waals surface area contributed by atoms with Crippen molar-refractivity contribution in [3.63, 3.8) is 0 Å². The van der Waals surface area contributed by atoms with Crippen LogP contribution in [0.5, 0.6) is 0 Å². The number of nitrogens with zero attached hydrogens (tertiary/aromatic N) is 5. The van der Waals surface area contributed by atoms with Crippen LogP contribution in [0.15, 0.2) is 47.8 Å². The van der Waals surface area contributed by atoms with Gasteiger partial charge >= 0.3 is 0 Å². The van der Waals surface area contributed by atoms with Gasteiger partial charge in [-0.1, -0.05) is 24.3 Å². The highest BCUT2D eigenvalue weighted by Crippen LogP contribution is 2.20. The maximum Gasteiger partial charge on any atom is 0.273 e. The van der Waals surface area contributed by atoms with Crippen LogP contribution in [-0.4, -0.2) is 64.2 Å². The van der Waals surface area contributed by atoms with Crippen molar-refractivity contribution in [2.24, 2.45) is 7.05 Å². The van der Waals surface area contributed by atoms with Gasteiger partial charge in [0.25, 0.3) is 15.9 Å². The second-order valence-electron chi connectivity index (χ2n) is 7.17. The number of amides is 1. The summed E-state index contributed by atoms with van der Waals surface area (Å²) in [5, 5.41) is 1.81. The minimum Gasteiger partial charge on any atom is -0.337 e. The van der Waals surface area contributed by atoms with Gasteiger partial charge in [-0.15, -0.1) is 0 Å². The van der Waals surface area contributed by atoms with Gasteiger partial charge in [-0.2, -0.15) is 4.31 Å². The highest BCUT2D eigenvalue weighted by molar-refractivity contribution is 7.89. The highest BCUT2D eigenvalue weighted by atomic mass is 32.2. The maximum absolute atomic E-state index is 13.1. The lowest BCUT2D eigenvalue weighted by atomic mass is 10.1. The summed E-state index contributed by atoms with van der Waals surface area (Å²) < 4.78 is 29.0. The molecular weight excluding hydrogens is 390 g/mol. The fourth-order valence-electron chi connectivity index (χ4n) is 3.56. The Morgan fingerprint density at radius 2 is 1.86 bits per heavy atom. The molecule has 1 amide bonds. The molecule has 152 valence electrons. The van der Waals surface area contributed by atoms with Crippen LogP contribution >= 0.6 is 0 Å². The molecule has 3 heterocycles. The number of rotatable bonds is 3. The molecule has 1 aromatic carbocycles. The molecular formula is C20H23N5O3S. The average Bonchev–Trinajstić information content (AvgIpc) is 2.93. The molecule has 29 heavy (non-hydrogen) atoms. The van der Waals surface area contributed by atoms with Gasteiger partial charge in [0, 0.05) is 51.0 Å². The zero-order valence-electron chi connectivity index (χ0n) is 16.4. The number of imidazole rings is 1. The molecule has 9 heteroatoms. The second kappa shape index (κ2) is 7.57. The monoisotopic (exact) mass is 413 g/mol. The van der Waals surface area contributed by atoms with E-state index in [1.807, 2.05) is 30.3 Å². The number of carbonyl (C=O) groups is 1. The van der Waals surface area contributed by atoms with Crippen molar-refractivity contribution in [2.75, 3.05) is 26.2 Å². The van der Waals surface area contributed by atoms with Crippen molar-refractivity contribution < 1.29 is 13.2 Å². The minimum absolute atomic E-state index is 0.0491. The lowest BCUT2D eigenvalue weighted by Gasteiger charge is -2.21. The number of carbonyl (C=O) groups excluding carboxylic acids is 1. The summed E-state index contributed by atoms with van der Waals surface area (Å²) in [6, 6.07) is 9.50. The Labute approximate surface area is 169 Å². The molecule has 0 bridgehead atoms. The number of sulfonamides is 1. The van der Waals surface area contributed by atoms with Crippen molar-refractivity contribution in [1.82, 2.24) is 23.7 Å². The van der Waals surface area contributed by atoms with E-state index in [-0.39, 0.29) is 17.5 Å². The molecule has 0 spiro atoms. The minimum atomic E-state index is -3.69. The fraction of sp³-hybridized carbons (Fsp3) is 0.350.